The van der Waals surface area contributed by atoms with Crippen LogP contribution in [0.2, 0.25) is 0 Å². The zero-order chi connectivity index (χ0) is 21.6. The van der Waals surface area contributed by atoms with Crippen LogP contribution in [0.1, 0.15) is 24.0 Å². The number of unbranched alkanes of at least 4 members (excludes halogenated alkanes) is 1. The van der Waals surface area contributed by atoms with Gasteiger partial charge >= 0.3 is 0 Å². The minimum Gasteiger partial charge on any atom is -0.256 e. The monoisotopic (exact) mass is 414 g/mol. The Kier molecular flexibility index (Phi) is 6.02. The molecule has 0 fully saturated rings. The number of benzene rings is 3. The molecule has 0 saturated carbocycles. The highest BCUT2D eigenvalue weighted by Gasteiger charge is 2.06. The minimum absolute atomic E-state index is 0.976. The van der Waals surface area contributed by atoms with Crippen molar-refractivity contribution in [2.45, 2.75) is 25.7 Å². The Labute approximate surface area is 189 Å². The maximum absolute atomic E-state index is 4.68. The zero-order valence-corrected chi connectivity index (χ0v) is 18.1. The summed E-state index contributed by atoms with van der Waals surface area (Å²) >= 11 is 0. The van der Waals surface area contributed by atoms with Gasteiger partial charge in [-0.1, -0.05) is 72.8 Å². The van der Waals surface area contributed by atoms with Crippen molar-refractivity contribution in [3.63, 3.8) is 0 Å². The van der Waals surface area contributed by atoms with Gasteiger partial charge in [-0.25, -0.2) is 0 Å². The molecule has 0 aliphatic rings. The lowest BCUT2D eigenvalue weighted by Gasteiger charge is -2.08. The average Bonchev–Trinajstić information content (AvgIpc) is 2.87. The molecule has 5 aromatic rings. The molecule has 0 saturated heterocycles. The van der Waals surface area contributed by atoms with Gasteiger partial charge in [-0.05, 0) is 66.5 Å². The van der Waals surface area contributed by atoms with Crippen LogP contribution in [-0.4, -0.2) is 9.97 Å². The standard InChI is InChI=1S/C30H26N2/c1-2-9-23(10-3-1)11-4-5-12-24-13-8-16-26(19-24)29-21-27(17-18-31-29)30-20-25-14-6-7-15-28(25)22-32-30/h1-3,6-10,13-22H,4-5,11-12H2. The molecule has 2 nitrogen and oxygen atoms in total. The van der Waals surface area contributed by atoms with E-state index < -0.39 is 0 Å². The fourth-order valence-electron chi connectivity index (χ4n) is 4.18. The number of hydrogen-bond acceptors (Lipinski definition) is 2. The molecule has 2 heterocycles. The van der Waals surface area contributed by atoms with E-state index in [-0.39, 0.29) is 0 Å². The SMILES string of the molecule is c1ccc(CCCCc2cccc(-c3cc(-c4cc5ccccc5cn4)ccn3)c2)cc1. The van der Waals surface area contributed by atoms with Gasteiger partial charge < -0.3 is 0 Å². The largest absolute Gasteiger partial charge is 0.256 e. The average molecular weight is 415 g/mol. The molecule has 3 aromatic carbocycles. The minimum atomic E-state index is 0.976. The third-order valence-corrected chi connectivity index (χ3v) is 5.93. The van der Waals surface area contributed by atoms with E-state index in [0.717, 1.165) is 40.7 Å². The molecule has 32 heavy (non-hydrogen) atoms. The van der Waals surface area contributed by atoms with Gasteiger partial charge in [0.05, 0.1) is 11.4 Å². The number of pyridine rings is 2. The topological polar surface area (TPSA) is 25.8 Å². The normalized spacial score (nSPS) is 11.0. The van der Waals surface area contributed by atoms with E-state index in [1.165, 1.54) is 29.4 Å². The Balaban J connectivity index is 1.30. The number of nitrogens with zero attached hydrogens (tertiary/aromatic N) is 2. The molecule has 156 valence electrons. The van der Waals surface area contributed by atoms with Crippen LogP contribution in [0.3, 0.4) is 0 Å². The van der Waals surface area contributed by atoms with E-state index in [4.69, 9.17) is 0 Å². The van der Waals surface area contributed by atoms with Crippen molar-refractivity contribution in [2.75, 3.05) is 0 Å². The Bertz CT molecular complexity index is 1330. The van der Waals surface area contributed by atoms with E-state index in [1.807, 2.05) is 24.5 Å². The van der Waals surface area contributed by atoms with Crippen LogP contribution in [0, 0.1) is 0 Å². The molecule has 0 amide bonds. The van der Waals surface area contributed by atoms with Crippen LogP contribution in [0.4, 0.5) is 0 Å². The molecule has 0 spiro atoms. The first kappa shape index (κ1) is 20.1. The van der Waals surface area contributed by atoms with Crippen LogP contribution in [0.5, 0.6) is 0 Å². The van der Waals surface area contributed by atoms with Crippen molar-refractivity contribution >= 4 is 10.8 Å². The summed E-state index contributed by atoms with van der Waals surface area (Å²) in [4.78, 5) is 9.32. The van der Waals surface area contributed by atoms with E-state index in [2.05, 4.69) is 94.9 Å². The lowest BCUT2D eigenvalue weighted by Crippen LogP contribution is -1.91. The number of hydrogen-bond donors (Lipinski definition) is 0. The van der Waals surface area contributed by atoms with Crippen molar-refractivity contribution in [2.24, 2.45) is 0 Å². The highest BCUT2D eigenvalue weighted by atomic mass is 14.7. The van der Waals surface area contributed by atoms with Crippen LogP contribution >= 0.6 is 0 Å². The van der Waals surface area contributed by atoms with Crippen LogP contribution in [0.25, 0.3) is 33.3 Å². The fourth-order valence-corrected chi connectivity index (χ4v) is 4.18. The van der Waals surface area contributed by atoms with E-state index >= 15 is 0 Å². The van der Waals surface area contributed by atoms with E-state index in [0.29, 0.717) is 0 Å². The number of rotatable bonds is 7. The Morgan fingerprint density at radius 2 is 1.19 bits per heavy atom. The Hall–Kier alpha value is -3.78. The molecule has 0 N–H and O–H groups in total. The van der Waals surface area contributed by atoms with Crippen LogP contribution in [0.15, 0.2) is 109 Å². The smallest absolute Gasteiger partial charge is 0.0709 e. The van der Waals surface area contributed by atoms with Gasteiger partial charge in [0.1, 0.15) is 0 Å². The molecule has 5 rings (SSSR count). The number of aromatic nitrogens is 2. The zero-order valence-electron chi connectivity index (χ0n) is 18.1. The first-order valence-electron chi connectivity index (χ1n) is 11.3. The summed E-state index contributed by atoms with van der Waals surface area (Å²) < 4.78 is 0. The molecule has 2 aromatic heterocycles. The summed E-state index contributed by atoms with van der Waals surface area (Å²) in [5, 5.41) is 2.36. The molecule has 0 aliphatic carbocycles. The maximum atomic E-state index is 4.68. The van der Waals surface area contributed by atoms with Crippen molar-refractivity contribution in [1.29, 1.82) is 0 Å². The summed E-state index contributed by atoms with van der Waals surface area (Å²) in [6.45, 7) is 0. The summed E-state index contributed by atoms with van der Waals surface area (Å²) in [6.07, 6.45) is 8.45. The summed E-state index contributed by atoms with van der Waals surface area (Å²) in [5.74, 6) is 0. The highest BCUT2D eigenvalue weighted by Crippen LogP contribution is 2.26. The third-order valence-electron chi connectivity index (χ3n) is 5.93. The molecule has 0 radical (unpaired) electrons. The van der Waals surface area contributed by atoms with Gasteiger partial charge in [0, 0.05) is 28.9 Å². The lowest BCUT2D eigenvalue weighted by atomic mass is 10.0. The molecular weight excluding hydrogens is 388 g/mol. The quantitative estimate of drug-likeness (QED) is 0.257. The molecule has 0 bridgehead atoms. The number of aryl methyl sites for hydroxylation is 2. The predicted octanol–water partition coefficient (Wildman–Crippen LogP) is 7.53. The molecule has 0 atom stereocenters. The molecule has 2 heteroatoms. The first-order chi connectivity index (χ1) is 15.8. The van der Waals surface area contributed by atoms with Crippen LogP contribution < -0.4 is 0 Å². The maximum Gasteiger partial charge on any atom is 0.0709 e. The van der Waals surface area contributed by atoms with Crippen molar-refractivity contribution in [3.05, 3.63) is 121 Å². The summed E-state index contributed by atoms with van der Waals surface area (Å²) in [7, 11) is 0. The van der Waals surface area contributed by atoms with Crippen LogP contribution in [-0.2, 0) is 12.8 Å². The van der Waals surface area contributed by atoms with Gasteiger partial charge in [0.2, 0.25) is 0 Å². The van der Waals surface area contributed by atoms with Gasteiger partial charge in [0.15, 0.2) is 0 Å². The lowest BCUT2D eigenvalue weighted by molar-refractivity contribution is 0.734. The Morgan fingerprint density at radius 3 is 2.06 bits per heavy atom. The van der Waals surface area contributed by atoms with Crippen molar-refractivity contribution in [1.82, 2.24) is 9.97 Å². The predicted molar refractivity (Wildman–Crippen MR) is 133 cm³/mol. The van der Waals surface area contributed by atoms with E-state index in [1.54, 1.807) is 0 Å². The van der Waals surface area contributed by atoms with Gasteiger partial charge in [-0.3, -0.25) is 9.97 Å². The molecule has 0 aliphatic heterocycles. The Morgan fingerprint density at radius 1 is 0.500 bits per heavy atom. The van der Waals surface area contributed by atoms with Crippen molar-refractivity contribution in [3.8, 4) is 22.5 Å². The number of fused-ring (bicyclic) bond motifs is 1. The second kappa shape index (κ2) is 9.57. The molecular formula is C30H26N2. The van der Waals surface area contributed by atoms with Crippen molar-refractivity contribution < 1.29 is 0 Å². The molecule has 0 unspecified atom stereocenters. The second-order valence-electron chi connectivity index (χ2n) is 8.24. The van der Waals surface area contributed by atoms with Gasteiger partial charge in [-0.2, -0.15) is 0 Å². The van der Waals surface area contributed by atoms with Gasteiger partial charge in [0.25, 0.3) is 0 Å². The third kappa shape index (κ3) is 4.76. The summed E-state index contributed by atoms with van der Waals surface area (Å²) in [5.41, 5.74) is 7.01. The summed E-state index contributed by atoms with van der Waals surface area (Å²) in [6, 6.07) is 34.2. The first-order valence-corrected chi connectivity index (χ1v) is 11.3. The van der Waals surface area contributed by atoms with Gasteiger partial charge in [-0.15, -0.1) is 0 Å². The highest BCUT2D eigenvalue weighted by molar-refractivity contribution is 5.85. The second-order valence-corrected chi connectivity index (χ2v) is 8.24. The van der Waals surface area contributed by atoms with E-state index in [9.17, 15) is 0 Å². The fraction of sp³-hybridized carbons (Fsp3) is 0.133.